The van der Waals surface area contributed by atoms with Gasteiger partial charge in [-0.15, -0.1) is 0 Å². The number of hydrogen-bond donors (Lipinski definition) is 2. The Balaban J connectivity index is 1.63. The number of aliphatic carboxylic acids is 1. The van der Waals surface area contributed by atoms with Crippen molar-refractivity contribution < 1.29 is 24.1 Å². The molecule has 4 rings (SSSR count). The SMILES string of the molecule is COc1cc(Nc2ccn3ncc(-c4ccc(CCC(=O)O)cc4)c3n2)cc(OC)c1OC. The topological polar surface area (TPSA) is 107 Å². The summed E-state index contributed by atoms with van der Waals surface area (Å²) >= 11 is 0. The summed E-state index contributed by atoms with van der Waals surface area (Å²) in [6.07, 6.45) is 4.18. The molecule has 0 amide bonds. The molecule has 0 spiro atoms. The maximum absolute atomic E-state index is 10.8. The average Bonchev–Trinajstić information content (AvgIpc) is 3.25. The van der Waals surface area contributed by atoms with Gasteiger partial charge < -0.3 is 24.6 Å². The molecule has 9 nitrogen and oxygen atoms in total. The Labute approximate surface area is 190 Å². The summed E-state index contributed by atoms with van der Waals surface area (Å²) in [7, 11) is 4.69. The molecule has 0 aliphatic heterocycles. The van der Waals surface area contributed by atoms with Crippen LogP contribution in [0.3, 0.4) is 0 Å². The van der Waals surface area contributed by atoms with E-state index in [1.807, 2.05) is 36.5 Å². The predicted molar refractivity (Wildman–Crippen MR) is 124 cm³/mol. The molecule has 2 aromatic heterocycles. The molecule has 170 valence electrons. The van der Waals surface area contributed by atoms with Crippen molar-refractivity contribution in [2.45, 2.75) is 12.8 Å². The molecule has 0 radical (unpaired) electrons. The highest BCUT2D eigenvalue weighted by Gasteiger charge is 2.14. The van der Waals surface area contributed by atoms with Crippen LogP contribution in [0.4, 0.5) is 11.5 Å². The minimum absolute atomic E-state index is 0.105. The van der Waals surface area contributed by atoms with Crippen LogP contribution in [0.25, 0.3) is 16.8 Å². The number of carboxylic acid groups (broad SMARTS) is 1. The van der Waals surface area contributed by atoms with Gasteiger partial charge in [0.1, 0.15) is 5.82 Å². The number of aromatic nitrogens is 3. The van der Waals surface area contributed by atoms with Crippen LogP contribution in [0.2, 0.25) is 0 Å². The molecular formula is C24H24N4O5. The van der Waals surface area contributed by atoms with Crippen molar-refractivity contribution in [3.8, 4) is 28.4 Å². The molecule has 2 N–H and O–H groups in total. The molecule has 33 heavy (non-hydrogen) atoms. The zero-order valence-electron chi connectivity index (χ0n) is 18.5. The van der Waals surface area contributed by atoms with Crippen molar-refractivity contribution in [2.24, 2.45) is 0 Å². The normalized spacial score (nSPS) is 10.8. The molecule has 0 aliphatic rings. The number of ether oxygens (including phenoxy) is 3. The Morgan fingerprint density at radius 3 is 2.33 bits per heavy atom. The first-order valence-electron chi connectivity index (χ1n) is 10.2. The molecule has 9 heteroatoms. The number of carboxylic acids is 1. The maximum Gasteiger partial charge on any atom is 0.303 e. The maximum atomic E-state index is 10.8. The van der Waals surface area contributed by atoms with Crippen molar-refractivity contribution >= 4 is 23.1 Å². The Morgan fingerprint density at radius 1 is 1.03 bits per heavy atom. The molecule has 2 heterocycles. The molecule has 0 saturated heterocycles. The highest BCUT2D eigenvalue weighted by molar-refractivity contribution is 5.78. The van der Waals surface area contributed by atoms with Gasteiger partial charge in [-0.3, -0.25) is 4.79 Å². The number of nitrogens with zero attached hydrogens (tertiary/aromatic N) is 3. The van der Waals surface area contributed by atoms with Crippen LogP contribution in [0, 0.1) is 0 Å². The van der Waals surface area contributed by atoms with E-state index in [1.165, 1.54) is 0 Å². The molecule has 0 fully saturated rings. The largest absolute Gasteiger partial charge is 0.493 e. The monoisotopic (exact) mass is 448 g/mol. The second-order valence-electron chi connectivity index (χ2n) is 7.27. The lowest BCUT2D eigenvalue weighted by atomic mass is 10.0. The quantitative estimate of drug-likeness (QED) is 0.393. The average molecular weight is 448 g/mol. The number of hydrogen-bond acceptors (Lipinski definition) is 7. The van der Waals surface area contributed by atoms with Crippen molar-refractivity contribution in [1.82, 2.24) is 14.6 Å². The van der Waals surface area contributed by atoms with Crippen molar-refractivity contribution in [2.75, 3.05) is 26.6 Å². The Morgan fingerprint density at radius 2 is 1.73 bits per heavy atom. The van der Waals surface area contributed by atoms with E-state index in [2.05, 4.69) is 10.4 Å². The molecular weight excluding hydrogens is 424 g/mol. The van der Waals surface area contributed by atoms with Gasteiger partial charge in [0.25, 0.3) is 0 Å². The number of nitrogens with one attached hydrogen (secondary N) is 1. The molecule has 0 bridgehead atoms. The predicted octanol–water partition coefficient (Wildman–Crippen LogP) is 4.18. The van der Waals surface area contributed by atoms with Gasteiger partial charge in [0.2, 0.25) is 5.75 Å². The Kier molecular flexibility index (Phi) is 6.30. The van der Waals surface area contributed by atoms with E-state index in [1.54, 1.807) is 44.2 Å². The van der Waals surface area contributed by atoms with E-state index in [9.17, 15) is 4.79 Å². The van der Waals surface area contributed by atoms with Gasteiger partial charge in [-0.25, -0.2) is 9.50 Å². The number of aryl methyl sites for hydroxylation is 1. The summed E-state index contributed by atoms with van der Waals surface area (Å²) in [5.74, 6) is 1.40. The highest BCUT2D eigenvalue weighted by atomic mass is 16.5. The summed E-state index contributed by atoms with van der Waals surface area (Å²) in [4.78, 5) is 15.5. The van der Waals surface area contributed by atoms with Gasteiger partial charge in [0, 0.05) is 36.0 Å². The van der Waals surface area contributed by atoms with Crippen molar-refractivity contribution in [3.05, 3.63) is 60.4 Å². The van der Waals surface area contributed by atoms with E-state index in [0.29, 0.717) is 35.1 Å². The Bertz CT molecular complexity index is 1260. The van der Waals surface area contributed by atoms with Crippen LogP contribution in [-0.4, -0.2) is 47.0 Å². The van der Waals surface area contributed by atoms with Gasteiger partial charge in [-0.2, -0.15) is 5.10 Å². The first-order chi connectivity index (χ1) is 16.0. The lowest BCUT2D eigenvalue weighted by molar-refractivity contribution is -0.136. The molecule has 2 aromatic carbocycles. The van der Waals surface area contributed by atoms with Gasteiger partial charge in [0.05, 0.1) is 27.5 Å². The first kappa shape index (κ1) is 21.9. The number of benzene rings is 2. The fraction of sp³-hybridized carbons (Fsp3) is 0.208. The molecule has 0 unspecified atom stereocenters. The minimum Gasteiger partial charge on any atom is -0.493 e. The van der Waals surface area contributed by atoms with Gasteiger partial charge in [0.15, 0.2) is 17.1 Å². The molecule has 0 aliphatic carbocycles. The fourth-order valence-corrected chi connectivity index (χ4v) is 3.55. The van der Waals surface area contributed by atoms with Crippen LogP contribution in [-0.2, 0) is 11.2 Å². The zero-order chi connectivity index (χ0) is 23.4. The summed E-state index contributed by atoms with van der Waals surface area (Å²) in [6.45, 7) is 0. The number of methoxy groups -OCH3 is 3. The number of fused-ring (bicyclic) bond motifs is 1. The van der Waals surface area contributed by atoms with E-state index in [4.69, 9.17) is 24.3 Å². The van der Waals surface area contributed by atoms with Crippen molar-refractivity contribution in [1.29, 1.82) is 0 Å². The van der Waals surface area contributed by atoms with Crippen LogP contribution in [0.1, 0.15) is 12.0 Å². The lowest BCUT2D eigenvalue weighted by Gasteiger charge is -2.15. The number of rotatable bonds is 9. The van der Waals surface area contributed by atoms with Crippen LogP contribution in [0.5, 0.6) is 17.2 Å². The van der Waals surface area contributed by atoms with Gasteiger partial charge in [-0.05, 0) is 23.6 Å². The molecule has 0 saturated carbocycles. The third-order valence-corrected chi connectivity index (χ3v) is 5.20. The van der Waals surface area contributed by atoms with E-state index in [0.717, 1.165) is 22.4 Å². The Hall–Kier alpha value is -4.27. The minimum atomic E-state index is -0.807. The second-order valence-corrected chi connectivity index (χ2v) is 7.27. The summed E-state index contributed by atoms with van der Waals surface area (Å²) in [5, 5.41) is 16.5. The van der Waals surface area contributed by atoms with Gasteiger partial charge >= 0.3 is 5.97 Å². The van der Waals surface area contributed by atoms with E-state index < -0.39 is 5.97 Å². The smallest absolute Gasteiger partial charge is 0.303 e. The van der Waals surface area contributed by atoms with Crippen LogP contribution < -0.4 is 19.5 Å². The third kappa shape index (κ3) is 4.67. The van der Waals surface area contributed by atoms with Crippen LogP contribution in [0.15, 0.2) is 54.9 Å². The standard InChI is InChI=1S/C24H24N4O5/c1-31-19-12-17(13-20(32-2)23(19)33-3)26-21-10-11-28-24(27-21)18(14-25-28)16-7-4-15(5-8-16)6-9-22(29)30/h4-5,7-8,10-14H,6,9H2,1-3H3,(H,26,27)(H,29,30). The lowest BCUT2D eigenvalue weighted by Crippen LogP contribution is -2.00. The number of anilines is 2. The van der Waals surface area contributed by atoms with E-state index in [-0.39, 0.29) is 6.42 Å². The second kappa shape index (κ2) is 9.47. The molecule has 0 atom stereocenters. The number of carbonyl (C=O) groups is 1. The van der Waals surface area contributed by atoms with Crippen LogP contribution >= 0.6 is 0 Å². The zero-order valence-corrected chi connectivity index (χ0v) is 18.5. The highest BCUT2D eigenvalue weighted by Crippen LogP contribution is 2.40. The van der Waals surface area contributed by atoms with E-state index >= 15 is 0 Å². The fourth-order valence-electron chi connectivity index (χ4n) is 3.55. The van der Waals surface area contributed by atoms with Gasteiger partial charge in [-0.1, -0.05) is 24.3 Å². The molecule has 4 aromatic rings. The summed E-state index contributed by atoms with van der Waals surface area (Å²) in [6, 6.07) is 13.2. The van der Waals surface area contributed by atoms with Crippen molar-refractivity contribution in [3.63, 3.8) is 0 Å². The summed E-state index contributed by atoms with van der Waals surface area (Å²) < 4.78 is 17.9. The third-order valence-electron chi connectivity index (χ3n) is 5.20. The first-order valence-corrected chi connectivity index (χ1v) is 10.2. The summed E-state index contributed by atoms with van der Waals surface area (Å²) in [5.41, 5.74) is 4.20.